The van der Waals surface area contributed by atoms with Crippen LogP contribution in [-0.2, 0) is 14.3 Å². The van der Waals surface area contributed by atoms with Gasteiger partial charge in [0, 0.05) is 17.4 Å². The van der Waals surface area contributed by atoms with Crippen LogP contribution in [0.2, 0.25) is 0 Å². The second-order valence-electron chi connectivity index (χ2n) is 10.4. The van der Waals surface area contributed by atoms with Gasteiger partial charge in [-0.25, -0.2) is 14.0 Å². The Morgan fingerprint density at radius 3 is 2.07 bits per heavy atom. The van der Waals surface area contributed by atoms with Crippen molar-refractivity contribution in [3.63, 3.8) is 0 Å². The number of carbonyl (C=O) groups is 2. The van der Waals surface area contributed by atoms with E-state index in [1.54, 1.807) is 18.2 Å². The molecule has 0 atom stereocenters. The van der Waals surface area contributed by atoms with E-state index in [0.29, 0.717) is 6.61 Å². The second-order valence-corrected chi connectivity index (χ2v) is 10.4. The summed E-state index contributed by atoms with van der Waals surface area (Å²) in [5.41, 5.74) is -0.711. The fourth-order valence-electron chi connectivity index (χ4n) is 4.71. The molecule has 0 saturated heterocycles. The number of halogens is 1. The van der Waals surface area contributed by atoms with E-state index in [1.165, 1.54) is 75.7 Å². The second kappa shape index (κ2) is 17.1. The summed E-state index contributed by atoms with van der Waals surface area (Å²) in [6.45, 7) is 2.67. The maximum absolute atomic E-state index is 14.5. The predicted octanol–water partition coefficient (Wildman–Crippen LogP) is 8.14. The molecular weight excluding hydrogens is 519 g/mol. The van der Waals surface area contributed by atoms with E-state index in [0.717, 1.165) is 24.8 Å². The molecule has 0 spiro atoms. The quantitative estimate of drug-likeness (QED) is 0.0971. The maximum Gasteiger partial charge on any atom is 0.386 e. The number of aliphatic carboxylic acids is 1. The highest BCUT2D eigenvalue weighted by Crippen LogP contribution is 2.29. The van der Waals surface area contributed by atoms with Crippen molar-refractivity contribution in [3.8, 4) is 17.6 Å². The predicted molar refractivity (Wildman–Crippen MR) is 159 cm³/mol. The number of hydrogen-bond donors (Lipinski definition) is 1. The van der Waals surface area contributed by atoms with Gasteiger partial charge in [-0.2, -0.15) is 0 Å². The number of benzene rings is 2. The number of ether oxygens (including phenoxy) is 2. The highest BCUT2D eigenvalue weighted by Gasteiger charge is 2.39. The number of hydrogen-bond acceptors (Lipinski definition) is 4. The topological polar surface area (TPSA) is 72.8 Å². The van der Waals surface area contributed by atoms with Crippen LogP contribution in [0.5, 0.6) is 5.75 Å². The molecule has 0 bridgehead atoms. The fourth-order valence-corrected chi connectivity index (χ4v) is 4.71. The van der Waals surface area contributed by atoms with Crippen molar-refractivity contribution in [2.24, 2.45) is 0 Å². The molecule has 41 heavy (non-hydrogen) atoms. The van der Waals surface area contributed by atoms with E-state index >= 15 is 0 Å². The van der Waals surface area contributed by atoms with Crippen molar-refractivity contribution in [1.29, 1.82) is 0 Å². The summed E-state index contributed by atoms with van der Waals surface area (Å²) in [4.78, 5) is 24.3. The molecule has 218 valence electrons. The smallest absolute Gasteiger partial charge is 0.386 e. The normalized spacial score (nSPS) is 17.5. The third kappa shape index (κ3) is 10.6. The van der Waals surface area contributed by atoms with Crippen LogP contribution in [0.4, 0.5) is 4.39 Å². The van der Waals surface area contributed by atoms with Gasteiger partial charge in [0.15, 0.2) is 11.6 Å². The molecule has 1 aliphatic carbocycles. The molecule has 1 N–H and O–H groups in total. The van der Waals surface area contributed by atoms with E-state index in [9.17, 15) is 19.1 Å². The summed E-state index contributed by atoms with van der Waals surface area (Å²) < 4.78 is 25.3. The number of esters is 1. The minimum atomic E-state index is -1.95. The zero-order valence-corrected chi connectivity index (χ0v) is 23.9. The van der Waals surface area contributed by atoms with Gasteiger partial charge >= 0.3 is 11.9 Å². The van der Waals surface area contributed by atoms with Gasteiger partial charge in [-0.3, -0.25) is 0 Å². The Labute approximate surface area is 243 Å². The summed E-state index contributed by atoms with van der Waals surface area (Å²) in [7, 11) is 0. The Morgan fingerprint density at radius 1 is 0.878 bits per heavy atom. The minimum Gasteiger partial charge on any atom is -0.491 e. The molecule has 5 nitrogen and oxygen atoms in total. The molecule has 0 fully saturated rings. The summed E-state index contributed by atoms with van der Waals surface area (Å²) in [5, 5.41) is 9.74. The molecule has 2 aromatic carbocycles. The molecular formula is C35H41FO5. The van der Waals surface area contributed by atoms with Crippen LogP contribution in [-0.4, -0.2) is 29.3 Å². The lowest BCUT2D eigenvalue weighted by atomic mass is 9.88. The summed E-state index contributed by atoms with van der Waals surface area (Å²) in [6.07, 6.45) is 19.6. The van der Waals surface area contributed by atoms with Crippen molar-refractivity contribution in [2.45, 2.75) is 89.1 Å². The Morgan fingerprint density at radius 2 is 1.49 bits per heavy atom. The summed E-state index contributed by atoms with van der Waals surface area (Å²) >= 11 is 0. The molecule has 3 rings (SSSR count). The first-order chi connectivity index (χ1) is 19.9. The molecule has 0 aliphatic heterocycles. The van der Waals surface area contributed by atoms with Crippen LogP contribution in [0, 0.1) is 17.7 Å². The number of carboxylic acid groups (broad SMARTS) is 1. The number of rotatable bonds is 16. The summed E-state index contributed by atoms with van der Waals surface area (Å²) in [6, 6.07) is 13.8. The van der Waals surface area contributed by atoms with Crippen LogP contribution in [0.1, 0.15) is 94.6 Å². The maximum atomic E-state index is 14.5. The Balaban J connectivity index is 1.41. The van der Waals surface area contributed by atoms with Gasteiger partial charge < -0.3 is 14.6 Å². The average Bonchev–Trinajstić information content (AvgIpc) is 2.98. The van der Waals surface area contributed by atoms with Gasteiger partial charge in [0.25, 0.3) is 0 Å². The van der Waals surface area contributed by atoms with Crippen molar-refractivity contribution in [3.05, 3.63) is 89.8 Å². The third-order valence-corrected chi connectivity index (χ3v) is 7.13. The molecule has 0 radical (unpaired) electrons. The van der Waals surface area contributed by atoms with E-state index in [2.05, 4.69) is 18.8 Å². The van der Waals surface area contributed by atoms with Crippen molar-refractivity contribution in [1.82, 2.24) is 0 Å². The Hall–Kier alpha value is -3.85. The largest absolute Gasteiger partial charge is 0.491 e. The molecule has 2 aromatic rings. The van der Waals surface area contributed by atoms with Gasteiger partial charge in [0.05, 0.1) is 6.61 Å². The monoisotopic (exact) mass is 560 g/mol. The highest BCUT2D eigenvalue weighted by molar-refractivity contribution is 5.94. The highest BCUT2D eigenvalue weighted by atomic mass is 19.1. The van der Waals surface area contributed by atoms with Crippen molar-refractivity contribution in [2.75, 3.05) is 6.61 Å². The van der Waals surface area contributed by atoms with Gasteiger partial charge in [-0.15, -0.1) is 0 Å². The zero-order valence-electron chi connectivity index (χ0n) is 23.9. The first kappa shape index (κ1) is 31.7. The first-order valence-electron chi connectivity index (χ1n) is 14.8. The number of unbranched alkanes of at least 4 members (excludes halogenated alkanes) is 10. The average molecular weight is 561 g/mol. The first-order valence-corrected chi connectivity index (χ1v) is 14.8. The summed E-state index contributed by atoms with van der Waals surface area (Å²) in [5.74, 6) is 1.88. The zero-order chi connectivity index (χ0) is 29.3. The van der Waals surface area contributed by atoms with Gasteiger partial charge in [-0.1, -0.05) is 120 Å². The van der Waals surface area contributed by atoms with E-state index in [4.69, 9.17) is 9.47 Å². The molecule has 0 heterocycles. The fraction of sp³-hybridized carbons (Fsp3) is 0.429. The lowest BCUT2D eigenvalue weighted by Gasteiger charge is -2.26. The van der Waals surface area contributed by atoms with E-state index in [1.807, 2.05) is 30.3 Å². The van der Waals surface area contributed by atoms with Crippen LogP contribution < -0.4 is 4.74 Å². The van der Waals surface area contributed by atoms with E-state index in [-0.39, 0.29) is 17.2 Å². The van der Waals surface area contributed by atoms with Crippen molar-refractivity contribution >= 4 is 11.9 Å². The molecule has 6 heteroatoms. The van der Waals surface area contributed by atoms with Crippen LogP contribution >= 0.6 is 0 Å². The Kier molecular flexibility index (Phi) is 13.2. The van der Waals surface area contributed by atoms with Crippen molar-refractivity contribution < 1.29 is 28.6 Å². The van der Waals surface area contributed by atoms with Crippen LogP contribution in [0.15, 0.2) is 72.8 Å². The van der Waals surface area contributed by atoms with Gasteiger partial charge in [0.2, 0.25) is 5.60 Å². The number of allylic oxidation sites excluding steroid dienone is 2. The Bertz CT molecular complexity index is 1220. The molecule has 0 aromatic heterocycles. The molecule has 1 aliphatic rings. The molecule has 0 unspecified atom stereocenters. The minimum absolute atomic E-state index is 0.132. The molecule has 0 amide bonds. The standard InChI is InChI=1S/C35H41FO5/c1-2-3-4-5-6-7-8-9-10-11-15-26-40-32-20-18-28(27-31(32)36)19-21-33(37)41-35(34(38)39)24-22-30(23-25-35)29-16-13-12-14-17-29/h12-14,16-18,20,22-25,27,30H,2-11,15,26H2,1H3,(H,38,39). The number of carbonyl (C=O) groups excluding carboxylic acids is 1. The van der Waals surface area contributed by atoms with Gasteiger partial charge in [-0.05, 0) is 42.3 Å². The molecule has 0 saturated carbocycles. The van der Waals surface area contributed by atoms with Crippen LogP contribution in [0.3, 0.4) is 0 Å². The lowest BCUT2D eigenvalue weighted by Crippen LogP contribution is -2.40. The SMILES string of the molecule is CCCCCCCCCCCCCOc1ccc(C#CC(=O)OC2(C(=O)O)C=CC(c3ccccc3)C=C2)cc1F. The van der Waals surface area contributed by atoms with Gasteiger partial charge in [0.1, 0.15) is 0 Å². The van der Waals surface area contributed by atoms with E-state index < -0.39 is 23.4 Å². The van der Waals surface area contributed by atoms with Crippen LogP contribution in [0.25, 0.3) is 0 Å². The number of carboxylic acids is 1. The third-order valence-electron chi connectivity index (χ3n) is 7.13. The lowest BCUT2D eigenvalue weighted by molar-refractivity contribution is -0.164.